The van der Waals surface area contributed by atoms with Gasteiger partial charge >= 0.3 is 0 Å². The summed E-state index contributed by atoms with van der Waals surface area (Å²) in [5.41, 5.74) is 9.64. The van der Waals surface area contributed by atoms with Crippen LogP contribution in [0.2, 0.25) is 5.02 Å². The van der Waals surface area contributed by atoms with E-state index in [-0.39, 0.29) is 5.11 Å². The van der Waals surface area contributed by atoms with Crippen LogP contribution in [0.25, 0.3) is 11.3 Å². The molecule has 0 aliphatic rings. The number of nitrogens with two attached hydrogens (primary N) is 1. The van der Waals surface area contributed by atoms with Gasteiger partial charge in [0.2, 0.25) is 0 Å². The molecule has 0 aliphatic carbocycles. The SMILES string of the molecule is Cc1ccc(-c2ccc(C=NNC(N)=S)o2)cc1Cl. The maximum atomic E-state index is 6.08. The summed E-state index contributed by atoms with van der Waals surface area (Å²) in [4.78, 5) is 0. The van der Waals surface area contributed by atoms with E-state index in [1.54, 1.807) is 6.07 Å². The molecule has 0 spiro atoms. The van der Waals surface area contributed by atoms with E-state index in [4.69, 9.17) is 21.8 Å². The van der Waals surface area contributed by atoms with Crippen molar-refractivity contribution in [3.8, 4) is 11.3 Å². The zero-order valence-corrected chi connectivity index (χ0v) is 11.8. The second-order valence-corrected chi connectivity index (χ2v) is 4.75. The predicted octanol–water partition coefficient (Wildman–Crippen LogP) is 3.08. The minimum atomic E-state index is 0.105. The number of thiocarbonyl (C=S) groups is 1. The lowest BCUT2D eigenvalue weighted by Crippen LogP contribution is -2.23. The lowest BCUT2D eigenvalue weighted by molar-refractivity contribution is 0.574. The van der Waals surface area contributed by atoms with Crippen LogP contribution in [0, 0.1) is 6.92 Å². The second kappa shape index (κ2) is 5.86. The fourth-order valence-corrected chi connectivity index (χ4v) is 1.72. The standard InChI is InChI=1S/C13H12ClN3OS/c1-8-2-3-9(6-11(8)14)12-5-4-10(18-12)7-16-17-13(15)19/h2-7H,1H3,(H3,15,17,19). The number of rotatable bonds is 3. The minimum Gasteiger partial charge on any atom is -0.455 e. The summed E-state index contributed by atoms with van der Waals surface area (Å²) < 4.78 is 5.61. The van der Waals surface area contributed by atoms with Gasteiger partial charge in [0.1, 0.15) is 11.5 Å². The fraction of sp³-hybridized carbons (Fsp3) is 0.0769. The van der Waals surface area contributed by atoms with Crippen LogP contribution in [0.3, 0.4) is 0 Å². The maximum Gasteiger partial charge on any atom is 0.184 e. The normalized spacial score (nSPS) is 10.8. The van der Waals surface area contributed by atoms with E-state index in [0.29, 0.717) is 10.8 Å². The molecule has 0 fully saturated rings. The van der Waals surface area contributed by atoms with E-state index >= 15 is 0 Å². The molecule has 0 amide bonds. The van der Waals surface area contributed by atoms with E-state index in [0.717, 1.165) is 16.9 Å². The van der Waals surface area contributed by atoms with E-state index in [9.17, 15) is 0 Å². The van der Waals surface area contributed by atoms with Crippen LogP contribution in [0.4, 0.5) is 0 Å². The van der Waals surface area contributed by atoms with Crippen LogP contribution < -0.4 is 11.2 Å². The van der Waals surface area contributed by atoms with Crippen LogP contribution in [-0.4, -0.2) is 11.3 Å². The first kappa shape index (κ1) is 13.6. The topological polar surface area (TPSA) is 63.5 Å². The van der Waals surface area contributed by atoms with Crippen molar-refractivity contribution in [2.45, 2.75) is 6.92 Å². The molecule has 0 saturated heterocycles. The van der Waals surface area contributed by atoms with Gasteiger partial charge in [0.15, 0.2) is 5.11 Å². The van der Waals surface area contributed by atoms with Crippen molar-refractivity contribution in [2.24, 2.45) is 10.8 Å². The first-order valence-corrected chi connectivity index (χ1v) is 6.30. The molecule has 1 heterocycles. The van der Waals surface area contributed by atoms with Gasteiger partial charge < -0.3 is 10.2 Å². The number of hydrazone groups is 1. The van der Waals surface area contributed by atoms with Gasteiger partial charge in [0.05, 0.1) is 6.21 Å². The monoisotopic (exact) mass is 293 g/mol. The van der Waals surface area contributed by atoms with Gasteiger partial charge in [-0.05, 0) is 42.9 Å². The quantitative estimate of drug-likeness (QED) is 0.518. The van der Waals surface area contributed by atoms with Gasteiger partial charge in [-0.3, -0.25) is 5.43 Å². The highest BCUT2D eigenvalue weighted by Crippen LogP contribution is 2.26. The summed E-state index contributed by atoms with van der Waals surface area (Å²) in [6.45, 7) is 1.95. The lowest BCUT2D eigenvalue weighted by atomic mass is 10.1. The predicted molar refractivity (Wildman–Crippen MR) is 81.4 cm³/mol. The van der Waals surface area contributed by atoms with Crippen molar-refractivity contribution >= 4 is 35.1 Å². The van der Waals surface area contributed by atoms with Crippen molar-refractivity contribution in [3.63, 3.8) is 0 Å². The molecule has 19 heavy (non-hydrogen) atoms. The Bertz CT molecular complexity index is 637. The van der Waals surface area contributed by atoms with Crippen LogP contribution in [0.15, 0.2) is 39.9 Å². The Kier molecular flexibility index (Phi) is 4.19. The summed E-state index contributed by atoms with van der Waals surface area (Å²) in [7, 11) is 0. The number of nitrogens with one attached hydrogen (secondary N) is 1. The number of aryl methyl sites for hydroxylation is 1. The minimum absolute atomic E-state index is 0.105. The van der Waals surface area contributed by atoms with Gasteiger partial charge in [-0.15, -0.1) is 0 Å². The zero-order valence-electron chi connectivity index (χ0n) is 10.2. The number of halogens is 1. The summed E-state index contributed by atoms with van der Waals surface area (Å²) in [6.07, 6.45) is 1.50. The van der Waals surface area contributed by atoms with Crippen LogP contribution in [-0.2, 0) is 0 Å². The summed E-state index contributed by atoms with van der Waals surface area (Å²) in [5, 5.41) is 4.63. The Morgan fingerprint density at radius 2 is 2.21 bits per heavy atom. The van der Waals surface area contributed by atoms with E-state index in [1.165, 1.54) is 6.21 Å². The number of hydrogen-bond acceptors (Lipinski definition) is 3. The molecule has 3 N–H and O–H groups in total. The van der Waals surface area contributed by atoms with Crippen LogP contribution >= 0.6 is 23.8 Å². The fourth-order valence-electron chi connectivity index (χ4n) is 1.48. The Hall–Kier alpha value is -1.85. The van der Waals surface area contributed by atoms with Crippen LogP contribution in [0.1, 0.15) is 11.3 Å². The molecule has 0 unspecified atom stereocenters. The van der Waals surface area contributed by atoms with Gasteiger partial charge in [-0.2, -0.15) is 5.10 Å². The van der Waals surface area contributed by atoms with Crippen LogP contribution in [0.5, 0.6) is 0 Å². The molecule has 0 bridgehead atoms. The molecule has 0 saturated carbocycles. The van der Waals surface area contributed by atoms with Crippen molar-refractivity contribution in [3.05, 3.63) is 46.7 Å². The Morgan fingerprint density at radius 3 is 2.89 bits per heavy atom. The molecule has 2 aromatic rings. The summed E-state index contributed by atoms with van der Waals surface area (Å²) >= 11 is 10.7. The average Bonchev–Trinajstić information content (AvgIpc) is 2.81. The number of benzene rings is 1. The summed E-state index contributed by atoms with van der Waals surface area (Å²) in [5.74, 6) is 1.31. The highest BCUT2D eigenvalue weighted by Gasteiger charge is 2.05. The molecule has 6 heteroatoms. The second-order valence-electron chi connectivity index (χ2n) is 3.90. The molecule has 0 aliphatic heterocycles. The molecular weight excluding hydrogens is 282 g/mol. The average molecular weight is 294 g/mol. The first-order chi connectivity index (χ1) is 9.06. The van der Waals surface area contributed by atoms with Gasteiger partial charge in [0, 0.05) is 10.6 Å². The maximum absolute atomic E-state index is 6.08. The molecule has 4 nitrogen and oxygen atoms in total. The Morgan fingerprint density at radius 1 is 1.42 bits per heavy atom. The van der Waals surface area contributed by atoms with E-state index in [1.807, 2.05) is 31.2 Å². The summed E-state index contributed by atoms with van der Waals surface area (Å²) in [6, 6.07) is 9.41. The van der Waals surface area contributed by atoms with Gasteiger partial charge in [-0.25, -0.2) is 0 Å². The number of furan rings is 1. The van der Waals surface area contributed by atoms with Gasteiger partial charge in [-0.1, -0.05) is 23.7 Å². The third-order valence-electron chi connectivity index (χ3n) is 2.45. The highest BCUT2D eigenvalue weighted by atomic mass is 35.5. The molecule has 98 valence electrons. The van der Waals surface area contributed by atoms with Gasteiger partial charge in [0.25, 0.3) is 0 Å². The number of nitrogens with zero attached hydrogens (tertiary/aromatic N) is 1. The molecular formula is C13H12ClN3OS. The van der Waals surface area contributed by atoms with E-state index in [2.05, 4.69) is 22.7 Å². The molecule has 0 atom stereocenters. The van der Waals surface area contributed by atoms with Crippen molar-refractivity contribution in [1.82, 2.24) is 5.43 Å². The Labute approximate surface area is 121 Å². The zero-order chi connectivity index (χ0) is 13.8. The molecule has 2 rings (SSSR count). The molecule has 1 aromatic carbocycles. The molecule has 1 aromatic heterocycles. The third kappa shape index (κ3) is 3.56. The smallest absolute Gasteiger partial charge is 0.184 e. The lowest BCUT2D eigenvalue weighted by Gasteiger charge is -2.00. The first-order valence-electron chi connectivity index (χ1n) is 5.51. The van der Waals surface area contributed by atoms with Crippen molar-refractivity contribution < 1.29 is 4.42 Å². The number of hydrogen-bond donors (Lipinski definition) is 2. The van der Waals surface area contributed by atoms with E-state index < -0.39 is 0 Å². The third-order valence-corrected chi connectivity index (χ3v) is 2.95. The Balaban J connectivity index is 2.18. The van der Waals surface area contributed by atoms with Crippen molar-refractivity contribution in [2.75, 3.05) is 0 Å². The highest BCUT2D eigenvalue weighted by molar-refractivity contribution is 7.80. The largest absolute Gasteiger partial charge is 0.455 e. The van der Waals surface area contributed by atoms with Crippen molar-refractivity contribution in [1.29, 1.82) is 0 Å². The molecule has 0 radical (unpaired) electrons.